The number of nitrogens with one attached hydrogen (secondary N) is 1. The molecule has 29 nitrogen and oxygen atoms in total. The molecule has 15 aromatic rings. The maximum absolute atomic E-state index is 4.98. The van der Waals surface area contributed by atoms with Crippen LogP contribution in [-0.4, -0.2) is 124 Å². The molecule has 0 saturated carbocycles. The smallest absolute Gasteiger partial charge is 0.228 e. The van der Waals surface area contributed by atoms with Crippen molar-refractivity contribution in [1.82, 2.24) is 124 Å². The van der Waals surface area contributed by atoms with Gasteiger partial charge in [0.15, 0.2) is 12.2 Å². The summed E-state index contributed by atoms with van der Waals surface area (Å²) in [5.74, 6) is 9.83. The highest BCUT2D eigenvalue weighted by Crippen LogP contribution is 2.19. The van der Waals surface area contributed by atoms with Crippen LogP contribution in [0.25, 0.3) is 0 Å². The maximum atomic E-state index is 4.98. The van der Waals surface area contributed by atoms with Crippen LogP contribution < -0.4 is 0 Å². The zero-order chi connectivity index (χ0) is 93.3. The van der Waals surface area contributed by atoms with Crippen molar-refractivity contribution >= 4 is 57.5 Å². The Hall–Kier alpha value is -10.7. The van der Waals surface area contributed by atoms with Crippen LogP contribution in [0.1, 0.15) is 381 Å². The van der Waals surface area contributed by atoms with Crippen LogP contribution in [0.3, 0.4) is 0 Å². The van der Waals surface area contributed by atoms with Crippen LogP contribution in [0.4, 0.5) is 0 Å². The molecule has 1 N–H and O–H groups in total. The van der Waals surface area contributed by atoms with E-state index in [0.29, 0.717) is 94.7 Å². The van der Waals surface area contributed by atoms with E-state index >= 15 is 0 Å². The van der Waals surface area contributed by atoms with Gasteiger partial charge in [-0.1, -0.05) is 234 Å². The Morgan fingerprint density at radius 2 is 0.968 bits per heavy atom. The van der Waals surface area contributed by atoms with Crippen molar-refractivity contribution in [2.24, 2.45) is 0 Å². The number of hydrogen-bond acceptors (Lipinski definition) is 33. The van der Waals surface area contributed by atoms with Crippen LogP contribution in [-0.2, 0) is 0 Å². The number of oxazole rings is 1. The van der Waals surface area contributed by atoms with E-state index < -0.39 is 0 Å². The quantitative estimate of drug-likeness (QED) is 0.0996. The van der Waals surface area contributed by atoms with Crippen molar-refractivity contribution in [2.75, 3.05) is 0 Å². The summed E-state index contributed by atoms with van der Waals surface area (Å²) in [4.78, 5) is 48.3. The van der Waals surface area contributed by atoms with E-state index in [2.05, 4.69) is 310 Å². The van der Waals surface area contributed by atoms with Gasteiger partial charge in [0.1, 0.15) is 41.7 Å². The summed E-state index contributed by atoms with van der Waals surface area (Å²) in [5.41, 5.74) is 12.7. The molecule has 34 heteroatoms. The summed E-state index contributed by atoms with van der Waals surface area (Å²) in [7, 11) is 0. The molecular weight excluding hydrogens is 1670 g/mol. The van der Waals surface area contributed by atoms with Gasteiger partial charge in [-0.15, -0.1) is 22.7 Å². The van der Waals surface area contributed by atoms with Crippen LogP contribution in [0, 0.1) is 0 Å². The third kappa shape index (κ3) is 55.3. The van der Waals surface area contributed by atoms with E-state index in [1.165, 1.54) is 57.5 Å². The largest absolute Gasteiger partial charge is 0.449 e. The van der Waals surface area contributed by atoms with Crippen molar-refractivity contribution in [2.45, 2.75) is 296 Å². The minimum atomic E-state index is 0.345. The van der Waals surface area contributed by atoms with Crippen molar-refractivity contribution in [3.63, 3.8) is 0 Å². The van der Waals surface area contributed by atoms with Gasteiger partial charge in [0.2, 0.25) is 5.89 Å². The average Bonchev–Trinajstić information content (AvgIpc) is 1.19. The Balaban J connectivity index is 0.000000670. The average molecular weight is 1810 g/mol. The van der Waals surface area contributed by atoms with Gasteiger partial charge >= 0.3 is 0 Å². The summed E-state index contributed by atoms with van der Waals surface area (Å²) < 4.78 is 34.7. The van der Waals surface area contributed by atoms with E-state index in [1.807, 2.05) is 125 Å². The first-order valence-corrected chi connectivity index (χ1v) is 46.1. The fourth-order valence-corrected chi connectivity index (χ4v) is 11.1. The first kappa shape index (κ1) is 112. The molecule has 0 atom stereocenters. The Morgan fingerprint density at radius 1 is 0.344 bits per heavy atom. The number of pyridine rings is 1. The van der Waals surface area contributed by atoms with Crippen molar-refractivity contribution in [1.29, 1.82) is 0 Å². The predicted molar refractivity (Wildman–Crippen MR) is 508 cm³/mol. The van der Waals surface area contributed by atoms with Crippen LogP contribution in [0.2, 0.25) is 0 Å². The van der Waals surface area contributed by atoms with Crippen molar-refractivity contribution in [3.8, 4) is 0 Å². The SMILES string of the molecule is CC(C)c1ccccn1.CC(C)c1cccnn1.CC(C)c1ccncn1.CC(C)c1ccon1.CC(C)c1ccsn1.CC(C)c1cn[nH]n1.CC(C)c1cnccn1.CC(C)c1cnon1.CC(C)c1cnsn1.CC(C)c1cscn1.CC(C)c1ncccn1.CC(C)c1ncco1.CC(C)c1nccs1.CC(C)c1ncno1.CC(C)c1ncns1. The lowest BCUT2D eigenvalue weighted by Gasteiger charge is -2.00. The van der Waals surface area contributed by atoms with Gasteiger partial charge in [-0.2, -0.15) is 48.1 Å². The highest BCUT2D eigenvalue weighted by atomic mass is 32.1. The van der Waals surface area contributed by atoms with E-state index in [1.54, 1.807) is 110 Å². The van der Waals surface area contributed by atoms with Gasteiger partial charge in [0.05, 0.1) is 86.9 Å². The molecule has 0 amide bonds. The standard InChI is InChI=1S/C8H11N.4C7H10N2.2C6H9NO.3C6H9NS.C5H9N3.2C5H8N2O.2C5H8N2S/c1-7(2)8-5-3-4-6-9-8;1-6(2)7-5-8-3-4-9-7;1-6(2)7-3-4-8-5-9-7;1-6(2)7-8-4-3-5-9-7;1-6(2)7-4-3-5-8-9-7;1-5(2)6-7-3-4-8-6;1-5(2)6-3-4-8-7-6;1-5(2)6-3-8-4-7-6;1-5(2)6-7-3-4-8-6;1-5(2)6-3-4-8-7-6;1-4(2)5-3-6-8-7-5;1-4(2)5-6-3-7-8-5;1-4(2)5-3-6-8-7-5;1-4(2)5-6-3-7-8-5;1-4(2)5-3-6-8-7-5/h3-7H,1-2H3;4*3-6H,1-2H3;5*3-5H,1-2H3;3-4H,1-2H3,(H,6,7,8);4*3-4H,1-2H3. The van der Waals surface area contributed by atoms with Gasteiger partial charge in [0.25, 0.3) is 0 Å². The molecule has 0 bridgehead atoms. The lowest BCUT2D eigenvalue weighted by atomic mass is 10.1. The molecule has 15 heterocycles. The Labute approximate surface area is 763 Å². The maximum Gasteiger partial charge on any atom is 0.228 e. The molecule has 15 rings (SSSR count). The fourth-order valence-electron chi connectivity index (χ4n) is 8.00. The summed E-state index contributed by atoms with van der Waals surface area (Å²) >= 11 is 7.63. The molecule has 0 unspecified atom stereocenters. The number of hydrogen-bond donors (Lipinski definition) is 1. The first-order valence-electron chi connectivity index (χ1n) is 42.0. The van der Waals surface area contributed by atoms with Crippen molar-refractivity contribution in [3.05, 3.63) is 273 Å². The molecule has 0 aliphatic rings. The number of thiazole rings is 2. The molecule has 0 radical (unpaired) electrons. The topological polar surface area (TPSA) is 378 Å². The van der Waals surface area contributed by atoms with E-state index in [0.717, 1.165) is 62.3 Å². The second-order valence-corrected chi connectivity index (χ2v) is 35.4. The second kappa shape index (κ2) is 68.6. The van der Waals surface area contributed by atoms with Gasteiger partial charge in [-0.3, -0.25) is 15.0 Å². The fraction of sp³-hybridized carbons (Fsp3) is 0.495. The van der Waals surface area contributed by atoms with Gasteiger partial charge in [-0.05, 0) is 119 Å². The normalized spacial score (nSPS) is 10.3. The molecule has 0 fully saturated rings. The third-order valence-electron chi connectivity index (χ3n) is 15.7. The second-order valence-electron chi connectivity index (χ2n) is 31.7. The van der Waals surface area contributed by atoms with Crippen molar-refractivity contribution < 1.29 is 18.1 Å². The zero-order valence-corrected chi connectivity index (χ0v) is 83.0. The Morgan fingerprint density at radius 3 is 1.25 bits per heavy atom. The van der Waals surface area contributed by atoms with Crippen LogP contribution >= 0.6 is 57.5 Å². The Kier molecular flexibility index (Phi) is 61.7. The molecule has 0 aliphatic heterocycles. The molecule has 125 heavy (non-hydrogen) atoms. The predicted octanol–water partition coefficient (Wildman–Crippen LogP) is 25.6. The van der Waals surface area contributed by atoms with Crippen LogP contribution in [0.5, 0.6) is 0 Å². The third-order valence-corrected chi connectivity index (χ3v) is 19.4. The summed E-state index contributed by atoms with van der Waals surface area (Å²) in [6.45, 7) is 62.9. The summed E-state index contributed by atoms with van der Waals surface area (Å²) in [6, 6.07) is 17.6. The Bertz CT molecular complexity index is 3760. The number of rotatable bonds is 15. The molecule has 15 aromatic heterocycles. The van der Waals surface area contributed by atoms with Gasteiger partial charge in [-0.25, -0.2) is 44.5 Å². The number of aromatic amines is 1. The molecule has 0 spiro atoms. The van der Waals surface area contributed by atoms with Crippen LogP contribution in [0.15, 0.2) is 206 Å². The molecular formula is C91H137N25O4S5. The van der Waals surface area contributed by atoms with Gasteiger partial charge < -0.3 is 13.5 Å². The highest BCUT2D eigenvalue weighted by molar-refractivity contribution is 7.09. The molecule has 0 aliphatic carbocycles. The lowest BCUT2D eigenvalue weighted by molar-refractivity contribution is 0.302. The summed E-state index contributed by atoms with van der Waals surface area (Å²) in [6.07, 6.45) is 30.5. The summed E-state index contributed by atoms with van der Waals surface area (Å²) in [5, 5.41) is 40.5. The molecule has 0 saturated heterocycles. The minimum absolute atomic E-state index is 0.345. The van der Waals surface area contributed by atoms with Gasteiger partial charge in [0, 0.05) is 125 Å². The minimum Gasteiger partial charge on any atom is -0.449 e. The van der Waals surface area contributed by atoms with E-state index in [-0.39, 0.29) is 0 Å². The highest BCUT2D eigenvalue weighted by Gasteiger charge is 2.08. The molecule has 0 aromatic carbocycles. The monoisotopic (exact) mass is 1800 g/mol. The number of nitrogens with zero attached hydrogens (tertiary/aromatic N) is 24. The lowest BCUT2D eigenvalue weighted by Crippen LogP contribution is -1.93. The number of H-pyrrole nitrogens is 1. The zero-order valence-electron chi connectivity index (χ0n) is 79.0. The van der Waals surface area contributed by atoms with E-state index in [4.69, 9.17) is 8.94 Å². The number of aromatic nitrogens is 25. The first-order chi connectivity index (χ1) is 59.6. The van der Waals surface area contributed by atoms with E-state index in [9.17, 15) is 0 Å². The molecule has 680 valence electrons.